The van der Waals surface area contributed by atoms with Crippen molar-refractivity contribution in [3.8, 4) is 0 Å². The number of nitrogens with one attached hydrogen (secondary N) is 1. The maximum atomic E-state index is 11.7. The van der Waals surface area contributed by atoms with Crippen LogP contribution in [0.1, 0.15) is 42.7 Å². The van der Waals surface area contributed by atoms with Crippen molar-refractivity contribution in [2.75, 3.05) is 24.5 Å². The first-order chi connectivity index (χ1) is 9.99. The highest BCUT2D eigenvalue weighted by atomic mass is 16.1. The molecule has 1 amide bonds. The van der Waals surface area contributed by atoms with Crippen molar-refractivity contribution in [1.29, 1.82) is 0 Å². The molecule has 1 aromatic heterocycles. The summed E-state index contributed by atoms with van der Waals surface area (Å²) in [7, 11) is 0. The Kier molecular flexibility index (Phi) is 5.17. The Morgan fingerprint density at radius 2 is 2.29 bits per heavy atom. The summed E-state index contributed by atoms with van der Waals surface area (Å²) in [5.41, 5.74) is 6.93. The highest BCUT2D eigenvalue weighted by Crippen LogP contribution is 2.23. The van der Waals surface area contributed by atoms with Crippen molar-refractivity contribution in [1.82, 2.24) is 10.3 Å². The van der Waals surface area contributed by atoms with E-state index in [4.69, 9.17) is 5.73 Å². The number of anilines is 1. The molecule has 5 heteroatoms. The number of amides is 1. The number of aryl methyl sites for hydroxylation is 1. The molecule has 2 rings (SSSR count). The molecule has 0 aliphatic carbocycles. The van der Waals surface area contributed by atoms with Gasteiger partial charge in [-0.05, 0) is 64.8 Å². The number of pyridine rings is 1. The van der Waals surface area contributed by atoms with Crippen LogP contribution in [0.4, 0.5) is 5.82 Å². The Morgan fingerprint density at radius 3 is 2.86 bits per heavy atom. The molecule has 0 bridgehead atoms. The standard InChI is InChI=1S/C16H26N4O/c1-11(2)20(10-13-5-4-8-18-9-13)16-14(15(17)21)7-6-12(3)19-16/h6-7,11,13,18H,4-5,8-10H2,1-3H3,(H2,17,21). The number of nitrogens with two attached hydrogens (primary N) is 1. The molecule has 1 aliphatic heterocycles. The summed E-state index contributed by atoms with van der Waals surface area (Å²) in [5, 5.41) is 3.44. The molecule has 1 fully saturated rings. The number of hydrogen-bond donors (Lipinski definition) is 2. The van der Waals surface area contributed by atoms with Crippen LogP contribution in [0.5, 0.6) is 0 Å². The fourth-order valence-electron chi connectivity index (χ4n) is 2.85. The van der Waals surface area contributed by atoms with Gasteiger partial charge in [-0.1, -0.05) is 0 Å². The summed E-state index contributed by atoms with van der Waals surface area (Å²) in [4.78, 5) is 18.5. The summed E-state index contributed by atoms with van der Waals surface area (Å²) in [6.45, 7) is 9.24. The maximum absolute atomic E-state index is 11.7. The van der Waals surface area contributed by atoms with E-state index >= 15 is 0 Å². The van der Waals surface area contributed by atoms with Crippen LogP contribution in [0.2, 0.25) is 0 Å². The zero-order valence-corrected chi connectivity index (χ0v) is 13.2. The Balaban J connectivity index is 2.28. The van der Waals surface area contributed by atoms with Crippen LogP contribution in [-0.4, -0.2) is 36.6 Å². The van der Waals surface area contributed by atoms with Gasteiger partial charge in [-0.2, -0.15) is 0 Å². The average molecular weight is 290 g/mol. The van der Waals surface area contributed by atoms with E-state index in [0.717, 1.165) is 31.1 Å². The van der Waals surface area contributed by atoms with Crippen LogP contribution < -0.4 is 16.0 Å². The van der Waals surface area contributed by atoms with E-state index in [-0.39, 0.29) is 6.04 Å². The number of hydrogen-bond acceptors (Lipinski definition) is 4. The number of piperidine rings is 1. The van der Waals surface area contributed by atoms with Crippen molar-refractivity contribution in [3.63, 3.8) is 0 Å². The molecular weight excluding hydrogens is 264 g/mol. The molecule has 1 atom stereocenters. The SMILES string of the molecule is Cc1ccc(C(N)=O)c(N(CC2CCCNC2)C(C)C)n1. The number of aromatic nitrogens is 1. The van der Waals surface area contributed by atoms with Crippen LogP contribution in [0.15, 0.2) is 12.1 Å². The summed E-state index contributed by atoms with van der Waals surface area (Å²) < 4.78 is 0. The monoisotopic (exact) mass is 290 g/mol. The molecule has 116 valence electrons. The second-order valence-corrected chi connectivity index (χ2v) is 6.15. The molecule has 0 saturated carbocycles. The average Bonchev–Trinajstić information content (AvgIpc) is 2.45. The minimum Gasteiger partial charge on any atom is -0.365 e. The minimum atomic E-state index is -0.412. The van der Waals surface area contributed by atoms with Gasteiger partial charge < -0.3 is 16.0 Å². The van der Waals surface area contributed by atoms with E-state index in [2.05, 4.69) is 29.0 Å². The van der Waals surface area contributed by atoms with Gasteiger partial charge in [0.2, 0.25) is 0 Å². The molecule has 0 aromatic carbocycles. The van der Waals surface area contributed by atoms with Crippen LogP contribution in [-0.2, 0) is 0 Å². The minimum absolute atomic E-state index is 0.277. The lowest BCUT2D eigenvalue weighted by molar-refractivity contribution is 0.100. The topological polar surface area (TPSA) is 71.2 Å². The van der Waals surface area contributed by atoms with Gasteiger partial charge in [0.25, 0.3) is 5.91 Å². The number of primary amides is 1. The predicted molar refractivity (Wildman–Crippen MR) is 85.6 cm³/mol. The van der Waals surface area contributed by atoms with Gasteiger partial charge in [-0.15, -0.1) is 0 Å². The Hall–Kier alpha value is -1.62. The molecule has 0 spiro atoms. The molecule has 1 saturated heterocycles. The highest BCUT2D eigenvalue weighted by Gasteiger charge is 2.23. The lowest BCUT2D eigenvalue weighted by atomic mass is 9.98. The van der Waals surface area contributed by atoms with Crippen molar-refractivity contribution >= 4 is 11.7 Å². The van der Waals surface area contributed by atoms with Gasteiger partial charge in [0.15, 0.2) is 0 Å². The van der Waals surface area contributed by atoms with Crippen molar-refractivity contribution in [2.24, 2.45) is 11.7 Å². The summed E-state index contributed by atoms with van der Waals surface area (Å²) in [6, 6.07) is 3.90. The predicted octanol–water partition coefficient (Wildman–Crippen LogP) is 1.70. The molecular formula is C16H26N4O. The lowest BCUT2D eigenvalue weighted by Crippen LogP contribution is -2.42. The van der Waals surface area contributed by atoms with Crippen molar-refractivity contribution in [3.05, 3.63) is 23.4 Å². The molecule has 2 heterocycles. The van der Waals surface area contributed by atoms with E-state index < -0.39 is 5.91 Å². The Labute approximate surface area is 126 Å². The van der Waals surface area contributed by atoms with E-state index in [0.29, 0.717) is 11.5 Å². The largest absolute Gasteiger partial charge is 0.365 e. The van der Waals surface area contributed by atoms with E-state index in [1.807, 2.05) is 13.0 Å². The van der Waals surface area contributed by atoms with Gasteiger partial charge >= 0.3 is 0 Å². The van der Waals surface area contributed by atoms with Crippen molar-refractivity contribution in [2.45, 2.75) is 39.7 Å². The summed E-state index contributed by atoms with van der Waals surface area (Å²) >= 11 is 0. The number of carbonyl (C=O) groups is 1. The fourth-order valence-corrected chi connectivity index (χ4v) is 2.85. The van der Waals surface area contributed by atoms with Gasteiger partial charge in [0, 0.05) is 18.3 Å². The van der Waals surface area contributed by atoms with Crippen LogP contribution in [0, 0.1) is 12.8 Å². The summed E-state index contributed by atoms with van der Waals surface area (Å²) in [5.74, 6) is 0.900. The zero-order chi connectivity index (χ0) is 15.4. The highest BCUT2D eigenvalue weighted by molar-refractivity contribution is 5.97. The van der Waals surface area contributed by atoms with Gasteiger partial charge in [-0.25, -0.2) is 4.98 Å². The summed E-state index contributed by atoms with van der Waals surface area (Å²) in [6.07, 6.45) is 2.43. The maximum Gasteiger partial charge on any atom is 0.252 e. The third kappa shape index (κ3) is 3.94. The molecule has 1 aliphatic rings. The van der Waals surface area contributed by atoms with E-state index in [9.17, 15) is 4.79 Å². The smallest absolute Gasteiger partial charge is 0.252 e. The first-order valence-electron chi connectivity index (χ1n) is 7.74. The molecule has 5 nitrogen and oxygen atoms in total. The van der Waals surface area contributed by atoms with Crippen LogP contribution in [0.25, 0.3) is 0 Å². The second kappa shape index (κ2) is 6.89. The Bertz CT molecular complexity index is 495. The molecule has 0 radical (unpaired) electrons. The molecule has 21 heavy (non-hydrogen) atoms. The van der Waals surface area contributed by atoms with E-state index in [1.165, 1.54) is 12.8 Å². The van der Waals surface area contributed by atoms with Crippen molar-refractivity contribution < 1.29 is 4.79 Å². The third-order valence-electron chi connectivity index (χ3n) is 4.03. The van der Waals surface area contributed by atoms with Gasteiger partial charge in [0.05, 0.1) is 5.56 Å². The van der Waals surface area contributed by atoms with Gasteiger partial charge in [0.1, 0.15) is 5.82 Å². The van der Waals surface area contributed by atoms with Crippen LogP contribution in [0.3, 0.4) is 0 Å². The zero-order valence-electron chi connectivity index (χ0n) is 13.2. The van der Waals surface area contributed by atoms with Crippen LogP contribution >= 0.6 is 0 Å². The number of carbonyl (C=O) groups excluding carboxylic acids is 1. The number of nitrogens with zero attached hydrogens (tertiary/aromatic N) is 2. The first-order valence-corrected chi connectivity index (χ1v) is 7.74. The molecule has 1 aromatic rings. The van der Waals surface area contributed by atoms with E-state index in [1.54, 1.807) is 6.07 Å². The second-order valence-electron chi connectivity index (χ2n) is 6.15. The third-order valence-corrected chi connectivity index (χ3v) is 4.03. The normalized spacial score (nSPS) is 18.8. The molecule has 3 N–H and O–H groups in total. The van der Waals surface area contributed by atoms with Gasteiger partial charge in [-0.3, -0.25) is 4.79 Å². The first kappa shape index (κ1) is 15.8. The fraction of sp³-hybridized carbons (Fsp3) is 0.625. The quantitative estimate of drug-likeness (QED) is 0.866. The Morgan fingerprint density at radius 1 is 1.52 bits per heavy atom. The number of rotatable bonds is 5. The lowest BCUT2D eigenvalue weighted by Gasteiger charge is -2.34. The molecule has 1 unspecified atom stereocenters.